The number of amides is 1. The number of oxime groups is 1. The molecule has 0 saturated heterocycles. The first-order chi connectivity index (χ1) is 8.09. The molecular weight excluding hydrogens is 230 g/mol. The van der Waals surface area contributed by atoms with Gasteiger partial charge in [0.2, 0.25) is 5.91 Å². The molecule has 0 spiro atoms. The molecule has 0 rings (SSSR count). The third-order valence-electron chi connectivity index (χ3n) is 3.36. The van der Waals surface area contributed by atoms with Crippen molar-refractivity contribution >= 4 is 11.7 Å². The second-order valence-electron chi connectivity index (χ2n) is 6.18. The van der Waals surface area contributed by atoms with Gasteiger partial charge in [0, 0.05) is 12.5 Å². The van der Waals surface area contributed by atoms with Gasteiger partial charge in [-0.25, -0.2) is 0 Å². The van der Waals surface area contributed by atoms with Crippen molar-refractivity contribution in [3.63, 3.8) is 0 Å². The van der Waals surface area contributed by atoms with Crippen LogP contribution in [0.1, 0.15) is 48.0 Å². The minimum atomic E-state index is 0.0324. The van der Waals surface area contributed by atoms with Crippen LogP contribution in [0.15, 0.2) is 5.16 Å². The van der Waals surface area contributed by atoms with Gasteiger partial charge < -0.3 is 15.8 Å². The lowest BCUT2D eigenvalue weighted by molar-refractivity contribution is -0.133. The summed E-state index contributed by atoms with van der Waals surface area (Å²) in [6.45, 7) is 12.4. The van der Waals surface area contributed by atoms with Crippen LogP contribution in [-0.2, 0) is 4.79 Å². The number of amidine groups is 1. The Kier molecular flexibility index (Phi) is 6.15. The summed E-state index contributed by atoms with van der Waals surface area (Å²) in [6.07, 6.45) is 0.473. The zero-order valence-corrected chi connectivity index (χ0v) is 12.4. The number of nitrogens with zero attached hydrogens (tertiary/aromatic N) is 2. The molecule has 0 saturated carbocycles. The smallest absolute Gasteiger partial charge is 0.223 e. The molecule has 1 amide bonds. The standard InChI is InChI=1S/C13H27N3O2/c1-9(2)16(8-11(14)15-18)12(17)7-10(3)13(4,5)6/h9-10,18H,7-8H2,1-6H3,(H2,14,15). The van der Waals surface area contributed by atoms with Gasteiger partial charge in [-0.15, -0.1) is 0 Å². The number of hydrogen-bond acceptors (Lipinski definition) is 3. The number of nitrogens with two attached hydrogens (primary N) is 1. The average molecular weight is 257 g/mol. The molecule has 3 N–H and O–H groups in total. The molecule has 0 aliphatic carbocycles. The lowest BCUT2D eigenvalue weighted by atomic mass is 9.80. The predicted molar refractivity (Wildman–Crippen MR) is 73.5 cm³/mol. The maximum atomic E-state index is 12.2. The van der Waals surface area contributed by atoms with Crippen LogP contribution < -0.4 is 5.73 Å². The normalized spacial score (nSPS) is 14.7. The van der Waals surface area contributed by atoms with E-state index in [0.29, 0.717) is 6.42 Å². The van der Waals surface area contributed by atoms with Crippen molar-refractivity contribution in [2.24, 2.45) is 22.2 Å². The van der Waals surface area contributed by atoms with Gasteiger partial charge in [-0.3, -0.25) is 4.79 Å². The van der Waals surface area contributed by atoms with E-state index < -0.39 is 0 Å². The maximum absolute atomic E-state index is 12.2. The van der Waals surface area contributed by atoms with Crippen LogP contribution in [0.2, 0.25) is 0 Å². The van der Waals surface area contributed by atoms with E-state index in [1.165, 1.54) is 0 Å². The van der Waals surface area contributed by atoms with Gasteiger partial charge in [0.15, 0.2) is 5.84 Å². The molecule has 0 aliphatic rings. The van der Waals surface area contributed by atoms with Crippen molar-refractivity contribution in [2.75, 3.05) is 6.54 Å². The Morgan fingerprint density at radius 2 is 1.83 bits per heavy atom. The fraction of sp³-hybridized carbons (Fsp3) is 0.846. The van der Waals surface area contributed by atoms with Crippen molar-refractivity contribution in [3.8, 4) is 0 Å². The highest BCUT2D eigenvalue weighted by molar-refractivity contribution is 5.87. The van der Waals surface area contributed by atoms with E-state index in [4.69, 9.17) is 10.9 Å². The first kappa shape index (κ1) is 16.7. The highest BCUT2D eigenvalue weighted by Crippen LogP contribution is 2.28. The Bertz CT molecular complexity index is 306. The lowest BCUT2D eigenvalue weighted by Crippen LogP contribution is -2.44. The third kappa shape index (κ3) is 5.38. The summed E-state index contributed by atoms with van der Waals surface area (Å²) in [5.41, 5.74) is 5.56. The van der Waals surface area contributed by atoms with E-state index in [0.717, 1.165) is 0 Å². The third-order valence-corrected chi connectivity index (χ3v) is 3.36. The van der Waals surface area contributed by atoms with Crippen molar-refractivity contribution in [2.45, 2.75) is 54.0 Å². The van der Waals surface area contributed by atoms with Gasteiger partial charge in [-0.05, 0) is 25.2 Å². The monoisotopic (exact) mass is 257 g/mol. The molecule has 18 heavy (non-hydrogen) atoms. The first-order valence-corrected chi connectivity index (χ1v) is 6.35. The Hall–Kier alpha value is -1.26. The van der Waals surface area contributed by atoms with Crippen LogP contribution >= 0.6 is 0 Å². The van der Waals surface area contributed by atoms with E-state index in [9.17, 15) is 4.79 Å². The molecule has 0 heterocycles. The second kappa shape index (κ2) is 6.61. The van der Waals surface area contributed by atoms with E-state index in [2.05, 4.69) is 32.9 Å². The van der Waals surface area contributed by atoms with Gasteiger partial charge in [0.1, 0.15) is 0 Å². The fourth-order valence-corrected chi connectivity index (χ4v) is 1.45. The molecule has 0 radical (unpaired) electrons. The maximum Gasteiger partial charge on any atom is 0.223 e. The summed E-state index contributed by atoms with van der Waals surface area (Å²) in [5, 5.41) is 11.5. The van der Waals surface area contributed by atoms with E-state index in [-0.39, 0.29) is 35.7 Å². The summed E-state index contributed by atoms with van der Waals surface area (Å²) in [6, 6.07) is 0.0324. The molecule has 5 heteroatoms. The SMILES string of the molecule is CC(C)N(CC(N)=NO)C(=O)CC(C)C(C)(C)C. The average Bonchev–Trinajstić information content (AvgIpc) is 2.23. The summed E-state index contributed by atoms with van der Waals surface area (Å²) >= 11 is 0. The van der Waals surface area contributed by atoms with Crippen LogP contribution in [-0.4, -0.2) is 34.4 Å². The highest BCUT2D eigenvalue weighted by Gasteiger charge is 2.26. The highest BCUT2D eigenvalue weighted by atomic mass is 16.4. The molecule has 0 fully saturated rings. The van der Waals surface area contributed by atoms with Gasteiger partial charge in [-0.1, -0.05) is 32.9 Å². The van der Waals surface area contributed by atoms with Gasteiger partial charge >= 0.3 is 0 Å². The minimum absolute atomic E-state index is 0.0324. The molecule has 0 aromatic carbocycles. The van der Waals surface area contributed by atoms with Gasteiger partial charge in [0.05, 0.1) is 6.54 Å². The van der Waals surface area contributed by atoms with Crippen molar-refractivity contribution in [3.05, 3.63) is 0 Å². The summed E-state index contributed by atoms with van der Waals surface area (Å²) < 4.78 is 0. The number of rotatable bonds is 5. The quantitative estimate of drug-likeness (QED) is 0.342. The molecule has 0 aromatic rings. The molecule has 106 valence electrons. The molecule has 1 atom stereocenters. The van der Waals surface area contributed by atoms with Crippen molar-refractivity contribution in [1.82, 2.24) is 4.90 Å². The van der Waals surface area contributed by atoms with Gasteiger partial charge in [0.25, 0.3) is 0 Å². The van der Waals surface area contributed by atoms with E-state index >= 15 is 0 Å². The molecule has 0 aliphatic heterocycles. The summed E-state index contributed by atoms with van der Waals surface area (Å²) in [7, 11) is 0. The molecule has 1 unspecified atom stereocenters. The lowest BCUT2D eigenvalue weighted by Gasteiger charge is -2.31. The molecule has 5 nitrogen and oxygen atoms in total. The first-order valence-electron chi connectivity index (χ1n) is 6.35. The molecular formula is C13H27N3O2. The predicted octanol–water partition coefficient (Wildman–Crippen LogP) is 2.04. The van der Waals surface area contributed by atoms with Crippen molar-refractivity contribution < 1.29 is 10.0 Å². The zero-order valence-electron chi connectivity index (χ0n) is 12.4. The number of carbonyl (C=O) groups is 1. The van der Waals surface area contributed by atoms with E-state index in [1.807, 2.05) is 13.8 Å². The Morgan fingerprint density at radius 1 is 1.33 bits per heavy atom. The van der Waals surface area contributed by atoms with Crippen LogP contribution in [0.4, 0.5) is 0 Å². The Morgan fingerprint density at radius 3 is 2.17 bits per heavy atom. The minimum Gasteiger partial charge on any atom is -0.409 e. The second-order valence-corrected chi connectivity index (χ2v) is 6.18. The molecule has 0 aromatic heterocycles. The Labute approximate surface area is 110 Å². The topological polar surface area (TPSA) is 78.9 Å². The van der Waals surface area contributed by atoms with Crippen LogP contribution in [0.25, 0.3) is 0 Å². The number of carbonyl (C=O) groups excluding carboxylic acids is 1. The zero-order chi connectivity index (χ0) is 14.5. The van der Waals surface area contributed by atoms with E-state index in [1.54, 1.807) is 4.90 Å². The fourth-order valence-electron chi connectivity index (χ4n) is 1.45. The van der Waals surface area contributed by atoms with Crippen LogP contribution in [0.3, 0.4) is 0 Å². The summed E-state index contributed by atoms with van der Waals surface area (Å²) in [5.74, 6) is 0.373. The molecule has 0 bridgehead atoms. The summed E-state index contributed by atoms with van der Waals surface area (Å²) in [4.78, 5) is 13.9. The largest absolute Gasteiger partial charge is 0.409 e. The van der Waals surface area contributed by atoms with Crippen LogP contribution in [0.5, 0.6) is 0 Å². The number of hydrogen-bond donors (Lipinski definition) is 2. The van der Waals surface area contributed by atoms with Crippen molar-refractivity contribution in [1.29, 1.82) is 0 Å². The van der Waals surface area contributed by atoms with Crippen LogP contribution in [0, 0.1) is 11.3 Å². The Balaban J connectivity index is 4.69. The van der Waals surface area contributed by atoms with Gasteiger partial charge in [-0.2, -0.15) is 0 Å².